The highest BCUT2D eigenvalue weighted by Gasteiger charge is 2.22. The molecule has 25 heavy (non-hydrogen) atoms. The number of aliphatic hydroxyl groups is 1. The average Bonchev–Trinajstić information content (AvgIpc) is 2.98. The number of hydrogen-bond donors (Lipinski definition) is 1. The summed E-state index contributed by atoms with van der Waals surface area (Å²) in [7, 11) is 0. The Morgan fingerprint density at radius 1 is 0.960 bits per heavy atom. The molecule has 0 saturated carbocycles. The van der Waals surface area contributed by atoms with Gasteiger partial charge in [0.2, 0.25) is 0 Å². The molecular weight excluding hydrogens is 317 g/mol. The second-order valence-corrected chi connectivity index (χ2v) is 5.84. The van der Waals surface area contributed by atoms with Crippen molar-refractivity contribution in [2.75, 3.05) is 0 Å². The van der Waals surface area contributed by atoms with Crippen molar-refractivity contribution in [1.29, 1.82) is 0 Å². The van der Waals surface area contributed by atoms with Crippen LogP contribution in [-0.4, -0.2) is 19.6 Å². The zero-order chi connectivity index (χ0) is 17.4. The zero-order valence-electron chi connectivity index (χ0n) is 13.6. The molecule has 3 heterocycles. The Hall–Kier alpha value is -3.05. The minimum absolute atomic E-state index is 0.290. The van der Waals surface area contributed by atoms with Crippen molar-refractivity contribution in [3.8, 4) is 22.4 Å². The number of hydrogen-bond acceptors (Lipinski definition) is 3. The lowest BCUT2D eigenvalue weighted by Crippen LogP contribution is -2.05. The minimum Gasteiger partial charge on any atom is -0.374 e. The molecule has 1 atom stereocenters. The van der Waals surface area contributed by atoms with Gasteiger partial charge in [0.05, 0.1) is 16.7 Å². The molecule has 0 bridgehead atoms. The van der Waals surface area contributed by atoms with Crippen LogP contribution in [0.15, 0.2) is 67.1 Å². The van der Waals surface area contributed by atoms with Gasteiger partial charge in [-0.2, -0.15) is 0 Å². The molecule has 124 valence electrons. The Bertz CT molecular complexity index is 1020. The van der Waals surface area contributed by atoms with E-state index in [9.17, 15) is 9.50 Å². The Balaban J connectivity index is 2.15. The molecule has 1 unspecified atom stereocenters. The fourth-order valence-corrected chi connectivity index (χ4v) is 3.21. The minimum atomic E-state index is -0.746. The standard InChI is InChI=1S/C20H16FN3O/c1-13(25)24-17-3-2-10-23-19(17)18(14-4-6-16(21)7-5-14)20(24)15-8-11-22-12-9-15/h2-13,25H,1H3. The molecule has 3 aromatic heterocycles. The second kappa shape index (κ2) is 6.11. The van der Waals surface area contributed by atoms with E-state index in [1.165, 1.54) is 12.1 Å². The summed E-state index contributed by atoms with van der Waals surface area (Å²) in [6.45, 7) is 1.71. The summed E-state index contributed by atoms with van der Waals surface area (Å²) in [4.78, 5) is 8.60. The smallest absolute Gasteiger partial charge is 0.128 e. The fourth-order valence-electron chi connectivity index (χ4n) is 3.21. The molecule has 4 nitrogen and oxygen atoms in total. The van der Waals surface area contributed by atoms with Crippen LogP contribution in [0.5, 0.6) is 0 Å². The number of benzene rings is 1. The van der Waals surface area contributed by atoms with Crippen molar-refractivity contribution in [2.45, 2.75) is 13.2 Å². The van der Waals surface area contributed by atoms with E-state index in [1.807, 2.05) is 28.8 Å². The number of halogens is 1. The van der Waals surface area contributed by atoms with Gasteiger partial charge in [-0.1, -0.05) is 12.1 Å². The molecule has 4 aromatic rings. The lowest BCUT2D eigenvalue weighted by molar-refractivity contribution is 0.131. The lowest BCUT2D eigenvalue weighted by Gasteiger charge is -2.15. The van der Waals surface area contributed by atoms with Gasteiger partial charge in [-0.15, -0.1) is 0 Å². The molecule has 0 radical (unpaired) electrons. The van der Waals surface area contributed by atoms with Crippen LogP contribution >= 0.6 is 0 Å². The van der Waals surface area contributed by atoms with Crippen LogP contribution in [0.4, 0.5) is 4.39 Å². The molecular formula is C20H16FN3O. The normalized spacial score (nSPS) is 12.4. The SMILES string of the molecule is CC(O)n1c(-c2ccncc2)c(-c2ccc(F)cc2)c2ncccc21. The van der Waals surface area contributed by atoms with Crippen molar-refractivity contribution in [2.24, 2.45) is 0 Å². The van der Waals surface area contributed by atoms with Gasteiger partial charge >= 0.3 is 0 Å². The summed E-state index contributed by atoms with van der Waals surface area (Å²) >= 11 is 0. The first-order valence-corrected chi connectivity index (χ1v) is 8.00. The first-order chi connectivity index (χ1) is 12.2. The van der Waals surface area contributed by atoms with Crippen LogP contribution in [0.3, 0.4) is 0 Å². The van der Waals surface area contributed by atoms with Crippen molar-refractivity contribution in [3.05, 3.63) is 72.9 Å². The van der Waals surface area contributed by atoms with Crippen molar-refractivity contribution in [3.63, 3.8) is 0 Å². The molecule has 0 amide bonds. The van der Waals surface area contributed by atoms with Crippen LogP contribution in [0, 0.1) is 5.82 Å². The number of nitrogens with zero attached hydrogens (tertiary/aromatic N) is 3. The van der Waals surface area contributed by atoms with E-state index >= 15 is 0 Å². The third-order valence-corrected chi connectivity index (χ3v) is 4.22. The van der Waals surface area contributed by atoms with E-state index in [0.717, 1.165) is 33.4 Å². The maximum Gasteiger partial charge on any atom is 0.128 e. The van der Waals surface area contributed by atoms with Crippen molar-refractivity contribution >= 4 is 11.0 Å². The van der Waals surface area contributed by atoms with E-state index in [2.05, 4.69) is 9.97 Å². The number of pyridine rings is 2. The van der Waals surface area contributed by atoms with Gasteiger partial charge in [-0.3, -0.25) is 9.97 Å². The van der Waals surface area contributed by atoms with Crippen molar-refractivity contribution < 1.29 is 9.50 Å². The maximum atomic E-state index is 13.4. The average molecular weight is 333 g/mol. The highest BCUT2D eigenvalue weighted by Crippen LogP contribution is 2.41. The largest absolute Gasteiger partial charge is 0.374 e. The maximum absolute atomic E-state index is 13.4. The molecule has 0 spiro atoms. The van der Waals surface area contributed by atoms with E-state index < -0.39 is 6.23 Å². The third-order valence-electron chi connectivity index (χ3n) is 4.22. The van der Waals surface area contributed by atoms with Crippen LogP contribution in [0.2, 0.25) is 0 Å². The summed E-state index contributed by atoms with van der Waals surface area (Å²) in [6, 6.07) is 13.9. The molecule has 0 aliphatic heterocycles. The molecule has 0 aliphatic carbocycles. The monoisotopic (exact) mass is 333 g/mol. The van der Waals surface area contributed by atoms with Gasteiger partial charge in [0.1, 0.15) is 12.0 Å². The van der Waals surface area contributed by atoms with Gasteiger partial charge < -0.3 is 9.67 Å². The second-order valence-electron chi connectivity index (χ2n) is 5.84. The third kappa shape index (κ3) is 2.58. The Morgan fingerprint density at radius 2 is 1.68 bits per heavy atom. The van der Waals surface area contributed by atoms with Crippen molar-refractivity contribution in [1.82, 2.24) is 14.5 Å². The molecule has 0 fully saturated rings. The number of aromatic nitrogens is 3. The molecule has 1 N–H and O–H groups in total. The van der Waals surface area contributed by atoms with E-state index in [4.69, 9.17) is 0 Å². The zero-order valence-corrected chi connectivity index (χ0v) is 13.6. The van der Waals surface area contributed by atoms with E-state index in [1.54, 1.807) is 37.6 Å². The molecule has 4 rings (SSSR count). The molecule has 5 heteroatoms. The molecule has 0 saturated heterocycles. The van der Waals surface area contributed by atoms with E-state index in [0.29, 0.717) is 0 Å². The summed E-state index contributed by atoms with van der Waals surface area (Å²) in [5.74, 6) is -0.290. The predicted molar refractivity (Wildman–Crippen MR) is 95.3 cm³/mol. The van der Waals surface area contributed by atoms with E-state index in [-0.39, 0.29) is 5.82 Å². The lowest BCUT2D eigenvalue weighted by atomic mass is 10.0. The van der Waals surface area contributed by atoms with Gasteiger partial charge in [-0.05, 0) is 48.9 Å². The van der Waals surface area contributed by atoms with Gasteiger partial charge in [-0.25, -0.2) is 4.39 Å². The summed E-state index contributed by atoms with van der Waals surface area (Å²) in [6.07, 6.45) is 4.39. The van der Waals surface area contributed by atoms with Gasteiger partial charge in [0, 0.05) is 29.7 Å². The number of fused-ring (bicyclic) bond motifs is 1. The predicted octanol–water partition coefficient (Wildman–Crippen LogP) is 4.42. The topological polar surface area (TPSA) is 50.9 Å². The van der Waals surface area contributed by atoms with Crippen LogP contribution in [0.1, 0.15) is 13.2 Å². The van der Waals surface area contributed by atoms with Crippen LogP contribution in [-0.2, 0) is 0 Å². The van der Waals surface area contributed by atoms with Crippen LogP contribution < -0.4 is 0 Å². The Morgan fingerprint density at radius 3 is 2.36 bits per heavy atom. The fraction of sp³-hybridized carbons (Fsp3) is 0.100. The van der Waals surface area contributed by atoms with Gasteiger partial charge in [0.15, 0.2) is 0 Å². The Kier molecular flexibility index (Phi) is 3.78. The quantitative estimate of drug-likeness (QED) is 0.604. The molecule has 0 aliphatic rings. The summed E-state index contributed by atoms with van der Waals surface area (Å²) in [5.41, 5.74) is 5.04. The molecule has 1 aromatic carbocycles. The summed E-state index contributed by atoms with van der Waals surface area (Å²) < 4.78 is 15.2. The highest BCUT2D eigenvalue weighted by atomic mass is 19.1. The highest BCUT2D eigenvalue weighted by molar-refractivity contribution is 6.02. The number of rotatable bonds is 3. The first-order valence-electron chi connectivity index (χ1n) is 8.00. The van der Waals surface area contributed by atoms with Crippen LogP contribution in [0.25, 0.3) is 33.4 Å². The van der Waals surface area contributed by atoms with Gasteiger partial charge in [0.25, 0.3) is 0 Å². The first kappa shape index (κ1) is 15.5. The number of aliphatic hydroxyl groups excluding tert-OH is 1. The Labute approximate surface area is 144 Å². The summed E-state index contributed by atoms with van der Waals surface area (Å²) in [5, 5.41) is 10.4.